The molecule has 0 unspecified atom stereocenters. The average molecular weight is 301 g/mol. The van der Waals surface area contributed by atoms with Gasteiger partial charge in [0.15, 0.2) is 0 Å². The summed E-state index contributed by atoms with van der Waals surface area (Å²) in [6, 6.07) is 7.40. The fourth-order valence-electron chi connectivity index (χ4n) is 3.10. The van der Waals surface area contributed by atoms with Crippen molar-refractivity contribution in [1.29, 1.82) is 0 Å². The van der Waals surface area contributed by atoms with Crippen molar-refractivity contribution in [3.63, 3.8) is 0 Å². The van der Waals surface area contributed by atoms with Crippen LogP contribution in [0, 0.1) is 6.92 Å². The summed E-state index contributed by atoms with van der Waals surface area (Å²) in [6.07, 6.45) is 1.30. The second kappa shape index (κ2) is 5.44. The van der Waals surface area contributed by atoms with Crippen LogP contribution in [0.5, 0.6) is 0 Å². The lowest BCUT2D eigenvalue weighted by molar-refractivity contribution is -0.135. The van der Waals surface area contributed by atoms with Crippen molar-refractivity contribution in [2.24, 2.45) is 0 Å². The van der Waals surface area contributed by atoms with Gasteiger partial charge in [-0.05, 0) is 30.9 Å². The van der Waals surface area contributed by atoms with E-state index in [0.29, 0.717) is 32.4 Å². The van der Waals surface area contributed by atoms with E-state index >= 15 is 0 Å². The Hall–Kier alpha value is -2.37. The molecule has 1 aromatic rings. The minimum Gasteiger partial charge on any atom is -0.342 e. The molecule has 6 heteroatoms. The number of carbonyl (C=O) groups excluding carboxylic acids is 3. The maximum atomic E-state index is 12.4. The number of amides is 4. The molecule has 2 aliphatic rings. The van der Waals surface area contributed by atoms with E-state index in [2.05, 4.69) is 10.6 Å². The molecular weight excluding hydrogens is 282 g/mol. The number of benzene rings is 1. The molecule has 6 nitrogen and oxygen atoms in total. The predicted molar refractivity (Wildman–Crippen MR) is 80.1 cm³/mol. The molecule has 2 N–H and O–H groups in total. The average Bonchev–Trinajstić information content (AvgIpc) is 2.76. The molecule has 116 valence electrons. The zero-order chi connectivity index (χ0) is 15.7. The molecule has 0 atom stereocenters. The maximum Gasteiger partial charge on any atom is 0.322 e. The van der Waals surface area contributed by atoms with Crippen molar-refractivity contribution in [1.82, 2.24) is 15.5 Å². The first kappa shape index (κ1) is 14.6. The summed E-state index contributed by atoms with van der Waals surface area (Å²) in [5.74, 6) is -0.211. The van der Waals surface area contributed by atoms with Crippen LogP contribution in [0.25, 0.3) is 0 Å². The number of imide groups is 1. The summed E-state index contributed by atoms with van der Waals surface area (Å²) in [6.45, 7) is 2.96. The smallest absolute Gasteiger partial charge is 0.322 e. The topological polar surface area (TPSA) is 78.5 Å². The second-order valence-electron chi connectivity index (χ2n) is 5.97. The second-order valence-corrected chi connectivity index (χ2v) is 5.97. The van der Waals surface area contributed by atoms with Crippen molar-refractivity contribution >= 4 is 17.8 Å². The quantitative estimate of drug-likeness (QED) is 0.791. The Morgan fingerprint density at radius 2 is 1.91 bits per heavy atom. The summed E-state index contributed by atoms with van der Waals surface area (Å²) in [4.78, 5) is 37.4. The number of likely N-dealkylation sites (tertiary alicyclic amines) is 1. The molecule has 3 rings (SSSR count). The van der Waals surface area contributed by atoms with Gasteiger partial charge in [-0.1, -0.05) is 24.3 Å². The van der Waals surface area contributed by atoms with E-state index in [1.165, 1.54) is 0 Å². The highest BCUT2D eigenvalue weighted by molar-refractivity contribution is 6.07. The maximum absolute atomic E-state index is 12.4. The lowest BCUT2D eigenvalue weighted by atomic mass is 9.87. The summed E-state index contributed by atoms with van der Waals surface area (Å²) < 4.78 is 0. The number of nitrogens with one attached hydrogen (secondary N) is 2. The summed E-state index contributed by atoms with van der Waals surface area (Å²) >= 11 is 0. The Morgan fingerprint density at radius 1 is 1.23 bits per heavy atom. The van der Waals surface area contributed by atoms with E-state index < -0.39 is 11.6 Å². The number of aryl methyl sites for hydroxylation is 1. The third-order valence-electron chi connectivity index (χ3n) is 4.59. The van der Waals surface area contributed by atoms with Crippen LogP contribution in [-0.2, 0) is 16.0 Å². The molecular formula is C16H19N3O3. The first-order chi connectivity index (χ1) is 10.5. The zero-order valence-corrected chi connectivity index (χ0v) is 12.5. The van der Waals surface area contributed by atoms with Crippen molar-refractivity contribution in [2.75, 3.05) is 13.1 Å². The van der Waals surface area contributed by atoms with Crippen LogP contribution in [0.2, 0.25) is 0 Å². The van der Waals surface area contributed by atoms with Crippen LogP contribution in [0.3, 0.4) is 0 Å². The van der Waals surface area contributed by atoms with Gasteiger partial charge in [-0.3, -0.25) is 14.9 Å². The molecule has 0 saturated carbocycles. The van der Waals surface area contributed by atoms with E-state index in [-0.39, 0.29) is 11.8 Å². The van der Waals surface area contributed by atoms with Gasteiger partial charge < -0.3 is 10.2 Å². The molecule has 1 aromatic carbocycles. The van der Waals surface area contributed by atoms with Gasteiger partial charge in [-0.25, -0.2) is 4.79 Å². The van der Waals surface area contributed by atoms with Crippen LogP contribution in [0.1, 0.15) is 24.0 Å². The van der Waals surface area contributed by atoms with Gasteiger partial charge in [0.25, 0.3) is 5.91 Å². The number of hydrogen-bond donors (Lipinski definition) is 2. The van der Waals surface area contributed by atoms with Gasteiger partial charge in [-0.15, -0.1) is 0 Å². The van der Waals surface area contributed by atoms with Gasteiger partial charge in [0, 0.05) is 13.1 Å². The van der Waals surface area contributed by atoms with Gasteiger partial charge >= 0.3 is 6.03 Å². The Balaban J connectivity index is 1.62. The molecule has 4 amide bonds. The number of hydrogen-bond acceptors (Lipinski definition) is 3. The SMILES string of the molecule is Cc1ccccc1CC(=O)N1CCC2(CC1)NC(=O)NC2=O. The van der Waals surface area contributed by atoms with Crippen LogP contribution in [-0.4, -0.2) is 41.4 Å². The Kier molecular flexibility index (Phi) is 3.60. The highest BCUT2D eigenvalue weighted by atomic mass is 16.2. The molecule has 2 saturated heterocycles. The molecule has 2 heterocycles. The standard InChI is InChI=1S/C16H19N3O3/c1-11-4-2-3-5-12(11)10-13(20)19-8-6-16(7-9-19)14(21)17-15(22)18-16/h2-5H,6-10H2,1H3,(H2,17,18,21,22). The lowest BCUT2D eigenvalue weighted by Crippen LogP contribution is -2.55. The molecule has 2 aliphatic heterocycles. The molecule has 22 heavy (non-hydrogen) atoms. The van der Waals surface area contributed by atoms with E-state index in [0.717, 1.165) is 11.1 Å². The van der Waals surface area contributed by atoms with E-state index in [9.17, 15) is 14.4 Å². The first-order valence-electron chi connectivity index (χ1n) is 7.46. The summed E-state index contributed by atoms with van der Waals surface area (Å²) in [5.41, 5.74) is 1.31. The molecule has 0 aromatic heterocycles. The normalized spacial score (nSPS) is 20.0. The van der Waals surface area contributed by atoms with Gasteiger partial charge in [0.05, 0.1) is 6.42 Å². The van der Waals surface area contributed by atoms with Crippen LogP contribution in [0.15, 0.2) is 24.3 Å². The monoisotopic (exact) mass is 301 g/mol. The van der Waals surface area contributed by atoms with Crippen molar-refractivity contribution in [2.45, 2.75) is 31.7 Å². The zero-order valence-electron chi connectivity index (χ0n) is 12.5. The van der Waals surface area contributed by atoms with Crippen LogP contribution in [0.4, 0.5) is 4.79 Å². The largest absolute Gasteiger partial charge is 0.342 e. The Morgan fingerprint density at radius 3 is 2.50 bits per heavy atom. The molecule has 1 spiro atoms. The lowest BCUT2D eigenvalue weighted by Gasteiger charge is -2.37. The highest BCUT2D eigenvalue weighted by Crippen LogP contribution is 2.26. The van der Waals surface area contributed by atoms with E-state index in [4.69, 9.17) is 0 Å². The van der Waals surface area contributed by atoms with Crippen LogP contribution < -0.4 is 10.6 Å². The molecule has 2 fully saturated rings. The fraction of sp³-hybridized carbons (Fsp3) is 0.438. The minimum absolute atomic E-state index is 0.0638. The number of rotatable bonds is 2. The first-order valence-corrected chi connectivity index (χ1v) is 7.46. The number of carbonyl (C=O) groups is 3. The number of urea groups is 1. The van der Waals surface area contributed by atoms with Gasteiger partial charge in [-0.2, -0.15) is 0 Å². The highest BCUT2D eigenvalue weighted by Gasteiger charge is 2.48. The van der Waals surface area contributed by atoms with Crippen molar-refractivity contribution in [3.8, 4) is 0 Å². The molecule has 0 radical (unpaired) electrons. The number of nitrogens with zero attached hydrogens (tertiary/aromatic N) is 1. The van der Waals surface area contributed by atoms with E-state index in [1.54, 1.807) is 4.90 Å². The third kappa shape index (κ3) is 2.56. The van der Waals surface area contributed by atoms with Gasteiger partial charge in [0.2, 0.25) is 5.91 Å². The van der Waals surface area contributed by atoms with Gasteiger partial charge in [0.1, 0.15) is 5.54 Å². The molecule has 0 bridgehead atoms. The third-order valence-corrected chi connectivity index (χ3v) is 4.59. The van der Waals surface area contributed by atoms with Crippen molar-refractivity contribution < 1.29 is 14.4 Å². The van der Waals surface area contributed by atoms with Crippen LogP contribution >= 0.6 is 0 Å². The predicted octanol–water partition coefficient (Wildman–Crippen LogP) is 0.738. The van der Waals surface area contributed by atoms with Crippen molar-refractivity contribution in [3.05, 3.63) is 35.4 Å². The fourth-order valence-corrected chi connectivity index (χ4v) is 3.10. The minimum atomic E-state index is -0.823. The molecule has 0 aliphatic carbocycles. The summed E-state index contributed by atoms with van der Waals surface area (Å²) in [5, 5.41) is 4.98. The summed E-state index contributed by atoms with van der Waals surface area (Å²) in [7, 11) is 0. The number of piperidine rings is 1. The Bertz CT molecular complexity index is 633. The van der Waals surface area contributed by atoms with E-state index in [1.807, 2.05) is 31.2 Å². The Labute approximate surface area is 128 Å².